The number of carbonyl (C=O) groups is 1. The summed E-state index contributed by atoms with van der Waals surface area (Å²) in [6.07, 6.45) is 1.37. The van der Waals surface area contributed by atoms with E-state index in [-0.39, 0.29) is 12.4 Å². The van der Waals surface area contributed by atoms with Crippen molar-refractivity contribution in [2.45, 2.75) is 13.8 Å². The van der Waals surface area contributed by atoms with Crippen molar-refractivity contribution in [2.75, 3.05) is 6.61 Å². The van der Waals surface area contributed by atoms with Gasteiger partial charge in [0.25, 0.3) is 5.91 Å². The van der Waals surface area contributed by atoms with Gasteiger partial charge in [0, 0.05) is 5.56 Å². The monoisotopic (exact) mass is 331 g/mol. The first-order valence-corrected chi connectivity index (χ1v) is 7.76. The highest BCUT2D eigenvalue weighted by molar-refractivity contribution is 7.12. The number of amides is 1. The minimum absolute atomic E-state index is 0.107. The van der Waals surface area contributed by atoms with E-state index in [4.69, 9.17) is 4.84 Å². The molecular formula is C16H17N3O3S. The Balaban J connectivity index is 1.79. The zero-order chi connectivity index (χ0) is 16.7. The van der Waals surface area contributed by atoms with Crippen LogP contribution < -0.4 is 5.43 Å². The van der Waals surface area contributed by atoms with Gasteiger partial charge in [-0.05, 0) is 43.0 Å². The van der Waals surface area contributed by atoms with Crippen molar-refractivity contribution < 1.29 is 14.7 Å². The summed E-state index contributed by atoms with van der Waals surface area (Å²) in [5, 5.41) is 19.3. The lowest BCUT2D eigenvalue weighted by Gasteiger charge is -2.01. The summed E-state index contributed by atoms with van der Waals surface area (Å²) in [6, 6.07) is 9.01. The normalized spacial score (nSPS) is 11.7. The molecule has 0 aliphatic rings. The van der Waals surface area contributed by atoms with Gasteiger partial charge in [-0.25, -0.2) is 5.43 Å². The highest BCUT2D eigenvalue weighted by Crippen LogP contribution is 2.16. The number of nitrogens with one attached hydrogen (secondary N) is 1. The average Bonchev–Trinajstić information content (AvgIpc) is 3.04. The van der Waals surface area contributed by atoms with E-state index in [2.05, 4.69) is 15.7 Å². The third-order valence-electron chi connectivity index (χ3n) is 2.85. The second-order valence-corrected chi connectivity index (χ2v) is 5.73. The molecule has 0 bridgehead atoms. The standard InChI is InChI=1S/C16H17N3O3S/c1-11-5-6-13(14(20)8-11)9-17-18-16(21)10-22-19-12(2)15-4-3-7-23-15/h3-9,20H,10H2,1-2H3,(H,18,21)/b17-9-,19-12-. The van der Waals surface area contributed by atoms with E-state index in [1.165, 1.54) is 6.21 Å². The number of phenols is 1. The van der Waals surface area contributed by atoms with Gasteiger partial charge in [0.1, 0.15) is 5.75 Å². The van der Waals surface area contributed by atoms with Crippen molar-refractivity contribution in [1.29, 1.82) is 0 Å². The Labute approximate surface area is 138 Å². The summed E-state index contributed by atoms with van der Waals surface area (Å²) in [6.45, 7) is 3.44. The summed E-state index contributed by atoms with van der Waals surface area (Å²) in [4.78, 5) is 17.5. The van der Waals surface area contributed by atoms with Gasteiger partial charge in [0.15, 0.2) is 6.61 Å². The molecule has 0 atom stereocenters. The van der Waals surface area contributed by atoms with Crippen molar-refractivity contribution in [3.63, 3.8) is 0 Å². The Morgan fingerprint density at radius 1 is 1.43 bits per heavy atom. The fourth-order valence-corrected chi connectivity index (χ4v) is 2.35. The number of thiophene rings is 1. The van der Waals surface area contributed by atoms with Crippen molar-refractivity contribution in [3.8, 4) is 5.75 Å². The maximum absolute atomic E-state index is 11.6. The van der Waals surface area contributed by atoms with E-state index in [0.717, 1.165) is 10.4 Å². The molecule has 1 aromatic heterocycles. The van der Waals surface area contributed by atoms with Crippen LogP contribution in [0.1, 0.15) is 22.9 Å². The minimum atomic E-state index is -0.435. The summed E-state index contributed by atoms with van der Waals surface area (Å²) < 4.78 is 0. The van der Waals surface area contributed by atoms with E-state index in [1.807, 2.05) is 37.4 Å². The first kappa shape index (κ1) is 16.7. The predicted octanol–water partition coefficient (Wildman–Crippen LogP) is 2.65. The number of phenolic OH excluding ortho intramolecular Hbond substituents is 1. The number of hydrogen-bond donors (Lipinski definition) is 2. The number of carbonyl (C=O) groups excluding carboxylic acids is 1. The molecule has 0 aliphatic heterocycles. The van der Waals surface area contributed by atoms with Gasteiger partial charge in [0.05, 0.1) is 16.8 Å². The molecule has 1 amide bonds. The van der Waals surface area contributed by atoms with Gasteiger partial charge in [-0.3, -0.25) is 4.79 Å². The summed E-state index contributed by atoms with van der Waals surface area (Å²) in [5.74, 6) is -0.328. The van der Waals surface area contributed by atoms with E-state index >= 15 is 0 Å². The molecule has 2 N–H and O–H groups in total. The molecule has 2 rings (SSSR count). The van der Waals surface area contributed by atoms with Crippen LogP contribution in [0.3, 0.4) is 0 Å². The van der Waals surface area contributed by atoms with Crippen molar-refractivity contribution in [2.24, 2.45) is 10.3 Å². The smallest absolute Gasteiger partial charge is 0.280 e. The van der Waals surface area contributed by atoms with E-state index in [1.54, 1.807) is 23.5 Å². The molecule has 0 fully saturated rings. The molecule has 6 nitrogen and oxygen atoms in total. The lowest BCUT2D eigenvalue weighted by Crippen LogP contribution is -2.22. The molecule has 1 heterocycles. The highest BCUT2D eigenvalue weighted by atomic mass is 32.1. The maximum Gasteiger partial charge on any atom is 0.280 e. The van der Waals surface area contributed by atoms with Crippen LogP contribution in [0.5, 0.6) is 5.75 Å². The largest absolute Gasteiger partial charge is 0.507 e. The Hall–Kier alpha value is -2.67. The third kappa shape index (κ3) is 5.23. The number of oxime groups is 1. The van der Waals surface area contributed by atoms with E-state index < -0.39 is 5.91 Å². The fraction of sp³-hybridized carbons (Fsp3) is 0.188. The third-order valence-corrected chi connectivity index (χ3v) is 3.83. The van der Waals surface area contributed by atoms with E-state index in [9.17, 15) is 9.90 Å². The maximum atomic E-state index is 11.6. The van der Waals surface area contributed by atoms with Crippen LogP contribution in [-0.2, 0) is 9.63 Å². The molecule has 0 aliphatic carbocycles. The molecule has 0 saturated heterocycles. The molecule has 7 heteroatoms. The zero-order valence-corrected chi connectivity index (χ0v) is 13.6. The van der Waals surface area contributed by atoms with Crippen molar-refractivity contribution >= 4 is 29.2 Å². The predicted molar refractivity (Wildman–Crippen MR) is 91.1 cm³/mol. The van der Waals surface area contributed by atoms with Gasteiger partial charge >= 0.3 is 0 Å². The lowest BCUT2D eigenvalue weighted by molar-refractivity contribution is -0.125. The second kappa shape index (κ2) is 8.09. The Morgan fingerprint density at radius 3 is 2.96 bits per heavy atom. The topological polar surface area (TPSA) is 83.3 Å². The summed E-state index contributed by atoms with van der Waals surface area (Å²) in [5.41, 5.74) is 4.48. The molecule has 0 unspecified atom stereocenters. The molecule has 23 heavy (non-hydrogen) atoms. The first-order chi connectivity index (χ1) is 11.1. The van der Waals surface area contributed by atoms with Crippen LogP contribution in [0.4, 0.5) is 0 Å². The van der Waals surface area contributed by atoms with Crippen LogP contribution in [0.2, 0.25) is 0 Å². The van der Waals surface area contributed by atoms with Gasteiger partial charge in [-0.15, -0.1) is 11.3 Å². The number of nitrogens with zero attached hydrogens (tertiary/aromatic N) is 2. The van der Waals surface area contributed by atoms with Gasteiger partial charge in [0.2, 0.25) is 0 Å². The van der Waals surface area contributed by atoms with Crippen LogP contribution in [0.25, 0.3) is 0 Å². The summed E-state index contributed by atoms with van der Waals surface area (Å²) in [7, 11) is 0. The molecule has 0 spiro atoms. The molecule has 1 aromatic carbocycles. The minimum Gasteiger partial charge on any atom is -0.507 e. The Kier molecular flexibility index (Phi) is 5.87. The number of rotatable bonds is 6. The van der Waals surface area contributed by atoms with Crippen LogP contribution >= 0.6 is 11.3 Å². The second-order valence-electron chi connectivity index (χ2n) is 4.78. The molecule has 2 aromatic rings. The molecule has 0 saturated carbocycles. The molecule has 0 radical (unpaired) electrons. The Morgan fingerprint density at radius 2 is 2.26 bits per heavy atom. The average molecular weight is 331 g/mol. The number of benzene rings is 1. The number of hydrogen-bond acceptors (Lipinski definition) is 6. The van der Waals surface area contributed by atoms with Gasteiger partial charge < -0.3 is 9.94 Å². The van der Waals surface area contributed by atoms with Crippen molar-refractivity contribution in [1.82, 2.24) is 5.43 Å². The fourth-order valence-electron chi connectivity index (χ4n) is 1.69. The molecule has 120 valence electrons. The highest BCUT2D eigenvalue weighted by Gasteiger charge is 2.02. The van der Waals surface area contributed by atoms with Gasteiger partial charge in [-0.2, -0.15) is 5.10 Å². The van der Waals surface area contributed by atoms with E-state index in [0.29, 0.717) is 11.3 Å². The summed E-state index contributed by atoms with van der Waals surface area (Å²) >= 11 is 1.55. The number of aromatic hydroxyl groups is 1. The number of hydrazone groups is 1. The zero-order valence-electron chi connectivity index (χ0n) is 12.8. The first-order valence-electron chi connectivity index (χ1n) is 6.88. The van der Waals surface area contributed by atoms with Gasteiger partial charge in [-0.1, -0.05) is 17.3 Å². The van der Waals surface area contributed by atoms with Crippen LogP contribution in [0, 0.1) is 6.92 Å². The van der Waals surface area contributed by atoms with Crippen LogP contribution in [-0.4, -0.2) is 29.5 Å². The van der Waals surface area contributed by atoms with Crippen molar-refractivity contribution in [3.05, 3.63) is 51.7 Å². The lowest BCUT2D eigenvalue weighted by atomic mass is 10.1. The van der Waals surface area contributed by atoms with Crippen LogP contribution in [0.15, 0.2) is 46.0 Å². The Bertz CT molecular complexity index is 724. The molecular weight excluding hydrogens is 314 g/mol. The quantitative estimate of drug-likeness (QED) is 0.630. The SMILES string of the molecule is C/C(=N/OCC(=O)N/N=C\c1ccc(C)cc1O)c1cccs1. The number of aryl methyl sites for hydroxylation is 1.